The van der Waals surface area contributed by atoms with Gasteiger partial charge in [0.05, 0.1) is 29.4 Å². The van der Waals surface area contributed by atoms with E-state index in [-0.39, 0.29) is 39.6 Å². The second-order valence-electron chi connectivity index (χ2n) is 8.60. The molecule has 0 saturated heterocycles. The van der Waals surface area contributed by atoms with Gasteiger partial charge < -0.3 is 0 Å². The predicted molar refractivity (Wildman–Crippen MR) is 155 cm³/mol. The maximum Gasteiger partial charge on any atom is 0.291 e. The van der Waals surface area contributed by atoms with Crippen molar-refractivity contribution in [3.63, 3.8) is 0 Å². The van der Waals surface area contributed by atoms with E-state index in [1.165, 1.54) is 54.6 Å². The standard InChI is InChI=1S/C25H19N9O6S2/c1-41(37,38)31-16-3-7-18(8-4-16)33-24(35)20(22(13-26)29-33)11-12-28-15-21-23(14-27)30-34(25(21)36)19-9-5-17(6-10-19)32-42(2,39)40/h3-12,29,31-32H,1-2H3/b12-11+. The van der Waals surface area contributed by atoms with Crippen molar-refractivity contribution in [1.82, 2.24) is 9.78 Å². The molecule has 0 atom stereocenters. The molecule has 42 heavy (non-hydrogen) atoms. The number of sulfonamides is 2. The third-order valence-electron chi connectivity index (χ3n) is 5.32. The monoisotopic (exact) mass is 605 g/mol. The number of H-pyrrole nitrogens is 1. The summed E-state index contributed by atoms with van der Waals surface area (Å²) in [6, 6.07) is 15.2. The summed E-state index contributed by atoms with van der Waals surface area (Å²) >= 11 is 0. The lowest BCUT2D eigenvalue weighted by molar-refractivity contribution is -0.114. The molecule has 1 aliphatic rings. The van der Waals surface area contributed by atoms with Gasteiger partial charge in [-0.15, -0.1) is 0 Å². The topological polar surface area (TPSA) is 223 Å². The summed E-state index contributed by atoms with van der Waals surface area (Å²) in [6.07, 6.45) is 4.32. The van der Waals surface area contributed by atoms with E-state index >= 15 is 0 Å². The number of benzene rings is 2. The average Bonchev–Trinajstić information content (AvgIpc) is 3.41. The number of aromatic amines is 1. The number of carbonyl (C=O) groups is 1. The number of nitrogens with zero attached hydrogens (tertiary/aromatic N) is 6. The number of carbonyl (C=O) groups excluding carboxylic acids is 1. The second kappa shape index (κ2) is 11.4. The molecule has 0 saturated carbocycles. The van der Waals surface area contributed by atoms with Crippen LogP contribution in [-0.4, -0.2) is 56.6 Å². The second-order valence-corrected chi connectivity index (χ2v) is 12.1. The molecule has 1 aromatic heterocycles. The fraction of sp³-hybridized carbons (Fsp3) is 0.0800. The highest BCUT2D eigenvalue weighted by Gasteiger charge is 2.32. The van der Waals surface area contributed by atoms with Gasteiger partial charge in [0.2, 0.25) is 20.0 Å². The molecule has 0 bridgehead atoms. The van der Waals surface area contributed by atoms with Gasteiger partial charge in [-0.2, -0.15) is 20.6 Å². The van der Waals surface area contributed by atoms with Gasteiger partial charge in [0.25, 0.3) is 11.5 Å². The van der Waals surface area contributed by atoms with Crippen molar-refractivity contribution in [1.29, 1.82) is 10.5 Å². The Hall–Kier alpha value is -5.74. The number of aliphatic imine (C=N–C) groups is 1. The lowest BCUT2D eigenvalue weighted by Crippen LogP contribution is -2.21. The van der Waals surface area contributed by atoms with Crippen molar-refractivity contribution in [3.05, 3.63) is 81.9 Å². The molecule has 0 spiro atoms. The normalized spacial score (nSPS) is 13.3. The number of amides is 1. The third-order valence-corrected chi connectivity index (χ3v) is 6.54. The Morgan fingerprint density at radius 3 is 1.93 bits per heavy atom. The fourth-order valence-corrected chi connectivity index (χ4v) is 4.75. The minimum Gasteiger partial charge on any atom is -0.284 e. The van der Waals surface area contributed by atoms with E-state index in [9.17, 15) is 36.9 Å². The van der Waals surface area contributed by atoms with Gasteiger partial charge in [0.15, 0.2) is 5.71 Å². The molecule has 0 fully saturated rings. The van der Waals surface area contributed by atoms with Crippen LogP contribution in [0.15, 0.2) is 75.2 Å². The van der Waals surface area contributed by atoms with Gasteiger partial charge >= 0.3 is 0 Å². The number of hydrazone groups is 1. The molecule has 3 N–H and O–H groups in total. The Bertz CT molecular complexity index is 2070. The lowest BCUT2D eigenvalue weighted by Gasteiger charge is -2.12. The van der Waals surface area contributed by atoms with Gasteiger partial charge in [-0.1, -0.05) is 0 Å². The molecule has 15 nitrogen and oxygen atoms in total. The summed E-state index contributed by atoms with van der Waals surface area (Å²) < 4.78 is 51.2. The number of hydrogen-bond acceptors (Lipinski definition) is 10. The molecule has 4 rings (SSSR count). The number of nitriles is 2. The van der Waals surface area contributed by atoms with Crippen LogP contribution in [0.5, 0.6) is 0 Å². The van der Waals surface area contributed by atoms with E-state index in [4.69, 9.17) is 0 Å². The third kappa shape index (κ3) is 6.69. The molecule has 3 aromatic rings. The summed E-state index contributed by atoms with van der Waals surface area (Å²) in [7, 11) is -6.98. The smallest absolute Gasteiger partial charge is 0.284 e. The van der Waals surface area contributed by atoms with Crippen LogP contribution in [0.3, 0.4) is 0 Å². The van der Waals surface area contributed by atoms with Crippen molar-refractivity contribution in [2.75, 3.05) is 27.0 Å². The van der Waals surface area contributed by atoms with Gasteiger partial charge in [-0.25, -0.2) is 26.5 Å². The summed E-state index contributed by atoms with van der Waals surface area (Å²) in [4.78, 5) is 29.7. The first-order valence-electron chi connectivity index (χ1n) is 11.5. The number of hydrogen-bond donors (Lipinski definition) is 3. The molecule has 0 unspecified atom stereocenters. The van der Waals surface area contributed by atoms with Crippen LogP contribution in [0.2, 0.25) is 0 Å². The Labute approximate surface area is 239 Å². The molecule has 2 aromatic carbocycles. The van der Waals surface area contributed by atoms with Crippen molar-refractivity contribution in [3.8, 4) is 17.8 Å². The zero-order valence-electron chi connectivity index (χ0n) is 21.7. The van der Waals surface area contributed by atoms with Crippen LogP contribution in [0.25, 0.3) is 11.8 Å². The molecule has 0 aliphatic carbocycles. The highest BCUT2D eigenvalue weighted by Crippen LogP contribution is 2.24. The van der Waals surface area contributed by atoms with Crippen LogP contribution in [0.4, 0.5) is 17.1 Å². The molecule has 212 valence electrons. The van der Waals surface area contributed by atoms with E-state index in [0.29, 0.717) is 5.69 Å². The fourth-order valence-electron chi connectivity index (χ4n) is 3.62. The van der Waals surface area contributed by atoms with Crippen molar-refractivity contribution >= 4 is 60.7 Å². The van der Waals surface area contributed by atoms with E-state index in [0.717, 1.165) is 28.4 Å². The van der Waals surface area contributed by atoms with Gasteiger partial charge in [0.1, 0.15) is 23.4 Å². The summed E-state index contributed by atoms with van der Waals surface area (Å²) in [6.45, 7) is 0. The van der Waals surface area contributed by atoms with Crippen LogP contribution in [-0.2, 0) is 24.8 Å². The first-order valence-corrected chi connectivity index (χ1v) is 15.3. The Morgan fingerprint density at radius 2 is 1.43 bits per heavy atom. The molecule has 1 amide bonds. The van der Waals surface area contributed by atoms with Gasteiger partial charge in [-0.05, 0) is 54.6 Å². The summed E-state index contributed by atoms with van der Waals surface area (Å²) in [5.74, 6) is 1.71. The quantitative estimate of drug-likeness (QED) is 0.250. The first-order chi connectivity index (χ1) is 19.8. The van der Waals surface area contributed by atoms with Crippen molar-refractivity contribution in [2.24, 2.45) is 10.1 Å². The molecular weight excluding hydrogens is 586 g/mol. The molecular formula is C25H19N9O6S2. The van der Waals surface area contributed by atoms with Crippen molar-refractivity contribution in [2.45, 2.75) is 0 Å². The summed E-state index contributed by atoms with van der Waals surface area (Å²) in [5.41, 5.74) is -0.145. The molecule has 1 aliphatic heterocycles. The number of rotatable bonds is 8. The van der Waals surface area contributed by atoms with E-state index in [1.54, 1.807) is 6.07 Å². The van der Waals surface area contributed by atoms with E-state index in [1.807, 2.05) is 6.07 Å². The predicted octanol–water partition coefficient (Wildman–Crippen LogP) is 1.27. The maximum atomic E-state index is 13.0. The summed E-state index contributed by atoms with van der Waals surface area (Å²) in [5, 5.41) is 26.5. The van der Waals surface area contributed by atoms with E-state index < -0.39 is 31.5 Å². The van der Waals surface area contributed by atoms with Crippen LogP contribution in [0, 0.1) is 22.7 Å². The van der Waals surface area contributed by atoms with Gasteiger partial charge in [-0.3, -0.25) is 24.1 Å². The first kappa shape index (κ1) is 29.2. The zero-order valence-corrected chi connectivity index (χ0v) is 23.4. The van der Waals surface area contributed by atoms with Crippen LogP contribution >= 0.6 is 0 Å². The minimum absolute atomic E-state index is 0.0530. The van der Waals surface area contributed by atoms with Crippen LogP contribution in [0.1, 0.15) is 11.3 Å². The van der Waals surface area contributed by atoms with Crippen molar-refractivity contribution < 1.29 is 21.6 Å². The average molecular weight is 606 g/mol. The largest absolute Gasteiger partial charge is 0.291 e. The van der Waals surface area contributed by atoms with Crippen LogP contribution < -0.4 is 20.0 Å². The zero-order chi connectivity index (χ0) is 30.7. The minimum atomic E-state index is -3.50. The Kier molecular flexibility index (Phi) is 7.94. The maximum absolute atomic E-state index is 13.0. The number of aromatic nitrogens is 2. The number of anilines is 3. The lowest BCUT2D eigenvalue weighted by atomic mass is 10.2. The molecule has 2 heterocycles. The highest BCUT2D eigenvalue weighted by atomic mass is 32.2. The molecule has 17 heteroatoms. The SMILES string of the molecule is CS(=O)(=O)Nc1ccc(N2N=C(C#N)C(=C=N/C=C/c3c(C#N)[nH]n(-c4ccc(NS(C)(=O)=O)cc4)c3=O)C2=O)cc1. The number of nitrogens with one attached hydrogen (secondary N) is 3. The highest BCUT2D eigenvalue weighted by molar-refractivity contribution is 7.92. The van der Waals surface area contributed by atoms with E-state index in [2.05, 4.69) is 30.5 Å². The Balaban J connectivity index is 1.58. The Morgan fingerprint density at radius 1 is 0.881 bits per heavy atom. The molecule has 0 radical (unpaired) electrons. The van der Waals surface area contributed by atoms with Gasteiger partial charge in [0, 0.05) is 23.4 Å².